The van der Waals surface area contributed by atoms with E-state index in [1.54, 1.807) is 31.3 Å². The van der Waals surface area contributed by atoms with E-state index in [2.05, 4.69) is 36.3 Å². The van der Waals surface area contributed by atoms with Crippen LogP contribution >= 0.6 is 46.5 Å². The Morgan fingerprint density at radius 3 is 2.84 bits per heavy atom. The highest BCUT2D eigenvalue weighted by molar-refractivity contribution is 8.01. The minimum atomic E-state index is -1.26. The van der Waals surface area contributed by atoms with Crippen molar-refractivity contribution in [2.45, 2.75) is 16.6 Å². The number of halogens is 1. The second kappa shape index (κ2) is 13.0. The summed E-state index contributed by atoms with van der Waals surface area (Å²) in [6, 6.07) is 5.44. The number of nitrogens with two attached hydrogens (primary N) is 1. The van der Waals surface area contributed by atoms with Gasteiger partial charge in [-0.3, -0.25) is 19.3 Å². The molecule has 3 aromatic rings. The molecule has 2 atom stereocenters. The molecule has 0 radical (unpaired) electrons. The Hall–Kier alpha value is -4.20. The Labute approximate surface area is 260 Å². The van der Waals surface area contributed by atoms with E-state index in [0.29, 0.717) is 27.2 Å². The topological polar surface area (TPSA) is 220 Å². The smallest absolute Gasteiger partial charge is 0.352 e. The summed E-state index contributed by atoms with van der Waals surface area (Å²) in [5.41, 5.74) is 6.29. The maximum atomic E-state index is 13.3. The summed E-state index contributed by atoms with van der Waals surface area (Å²) in [7, 11) is 1.66. The summed E-state index contributed by atoms with van der Waals surface area (Å²) >= 11 is 9.52. The fraction of sp³-hybridized carbons (Fsp3) is 0.261. The highest BCUT2D eigenvalue weighted by atomic mass is 35.5. The molecule has 1 fully saturated rings. The van der Waals surface area contributed by atoms with Crippen LogP contribution in [0.25, 0.3) is 0 Å². The van der Waals surface area contributed by atoms with Crippen LogP contribution in [0.3, 0.4) is 0 Å². The van der Waals surface area contributed by atoms with Gasteiger partial charge in [0.1, 0.15) is 22.8 Å². The summed E-state index contributed by atoms with van der Waals surface area (Å²) < 4.78 is 1.45. The number of amides is 3. The van der Waals surface area contributed by atoms with Crippen LogP contribution in [0, 0.1) is 0 Å². The molecule has 4 heterocycles. The van der Waals surface area contributed by atoms with Gasteiger partial charge >= 0.3 is 5.97 Å². The number of oxime groups is 1. The number of hydrogen-bond donors (Lipinski definition) is 4. The SMILES string of the molecule is Cn1nnnc1SCC1=C(C(=O)O)N2C(=O)C(NC(=O)/C(=N/OCC(=O)Nc3cccc(Cl)c3)c3csc(N)n3)C2SC1. The van der Waals surface area contributed by atoms with Crippen LogP contribution < -0.4 is 16.4 Å². The van der Waals surface area contributed by atoms with Crippen LogP contribution in [0.5, 0.6) is 0 Å². The fourth-order valence-corrected chi connectivity index (χ4v) is 7.09. The molecule has 0 saturated carbocycles. The van der Waals surface area contributed by atoms with Gasteiger partial charge in [-0.2, -0.15) is 0 Å². The van der Waals surface area contributed by atoms with E-state index in [4.69, 9.17) is 22.2 Å². The Bertz CT molecular complexity index is 1660. The van der Waals surface area contributed by atoms with Crippen molar-refractivity contribution in [3.05, 3.63) is 51.6 Å². The van der Waals surface area contributed by atoms with Crippen molar-refractivity contribution in [3.63, 3.8) is 0 Å². The van der Waals surface area contributed by atoms with Gasteiger partial charge in [0.2, 0.25) is 5.16 Å². The zero-order valence-corrected chi connectivity index (χ0v) is 25.2. The normalized spacial score (nSPS) is 18.1. The number of nitrogens with one attached hydrogen (secondary N) is 2. The lowest BCUT2D eigenvalue weighted by Gasteiger charge is -2.49. The van der Waals surface area contributed by atoms with Gasteiger partial charge < -0.3 is 26.3 Å². The van der Waals surface area contributed by atoms with Crippen LogP contribution in [0.15, 0.2) is 51.2 Å². The van der Waals surface area contributed by atoms with E-state index < -0.39 is 41.7 Å². The van der Waals surface area contributed by atoms with E-state index in [9.17, 15) is 24.3 Å². The first kappa shape index (κ1) is 30.3. The number of carboxylic acid groups (broad SMARTS) is 1. The van der Waals surface area contributed by atoms with Crippen LogP contribution in [0.1, 0.15) is 5.69 Å². The Kier molecular flexibility index (Phi) is 9.14. The first-order valence-electron chi connectivity index (χ1n) is 12.1. The highest BCUT2D eigenvalue weighted by Crippen LogP contribution is 2.41. The number of nitrogens with zero attached hydrogens (tertiary/aromatic N) is 7. The molecule has 0 bridgehead atoms. The van der Waals surface area contributed by atoms with Gasteiger partial charge in [-0.05, 0) is 34.2 Å². The first-order chi connectivity index (χ1) is 20.6. The molecule has 20 heteroatoms. The third-order valence-electron chi connectivity index (χ3n) is 5.93. The average molecular weight is 665 g/mol. The van der Waals surface area contributed by atoms with Crippen LogP contribution in [0.2, 0.25) is 5.02 Å². The highest BCUT2D eigenvalue weighted by Gasteiger charge is 2.54. The third-order valence-corrected chi connectivity index (χ3v) is 9.28. The number of nitrogen functional groups attached to an aromatic ring is 1. The number of rotatable bonds is 11. The number of carboxylic acids is 1. The van der Waals surface area contributed by atoms with Gasteiger partial charge in [-0.15, -0.1) is 28.2 Å². The minimum absolute atomic E-state index is 0.0684. The number of β-lactam (4-membered cyclic amide) rings is 1. The van der Waals surface area contributed by atoms with Gasteiger partial charge in [-0.1, -0.05) is 34.6 Å². The number of hydrogen-bond acceptors (Lipinski definition) is 14. The molecule has 5 rings (SSSR count). The van der Waals surface area contributed by atoms with Crippen molar-refractivity contribution in [1.29, 1.82) is 0 Å². The number of aryl methyl sites for hydroxylation is 1. The second-order valence-corrected chi connectivity index (χ2v) is 12.2. The number of carbonyl (C=O) groups excluding carboxylic acids is 3. The van der Waals surface area contributed by atoms with Crippen molar-refractivity contribution < 1.29 is 29.1 Å². The van der Waals surface area contributed by atoms with E-state index in [1.807, 2.05) is 0 Å². The molecule has 5 N–H and O–H groups in total. The molecule has 2 aliphatic heterocycles. The monoisotopic (exact) mass is 664 g/mol. The zero-order valence-electron chi connectivity index (χ0n) is 22.0. The quantitative estimate of drug-likeness (QED) is 0.0965. The average Bonchev–Trinajstić information content (AvgIpc) is 3.59. The second-order valence-electron chi connectivity index (χ2n) is 8.83. The lowest BCUT2D eigenvalue weighted by Crippen LogP contribution is -2.71. The summed E-state index contributed by atoms with van der Waals surface area (Å²) in [6.45, 7) is -0.546. The fourth-order valence-electron chi connectivity index (χ4n) is 4.02. The molecule has 2 aromatic heterocycles. The molecular formula is C23H21ClN10O6S3. The first-order valence-corrected chi connectivity index (χ1v) is 15.4. The maximum Gasteiger partial charge on any atom is 0.352 e. The number of thioether (sulfide) groups is 2. The van der Waals surface area contributed by atoms with E-state index in [-0.39, 0.29) is 28.0 Å². The van der Waals surface area contributed by atoms with Gasteiger partial charge in [-0.25, -0.2) is 14.5 Å². The largest absolute Gasteiger partial charge is 0.477 e. The number of carbonyl (C=O) groups is 4. The van der Waals surface area contributed by atoms with Crippen LogP contribution in [-0.2, 0) is 31.1 Å². The van der Waals surface area contributed by atoms with Gasteiger partial charge in [0.05, 0.1) is 0 Å². The predicted molar refractivity (Wildman–Crippen MR) is 158 cm³/mol. The van der Waals surface area contributed by atoms with E-state index in [0.717, 1.165) is 16.2 Å². The Morgan fingerprint density at radius 1 is 1.35 bits per heavy atom. The molecule has 43 heavy (non-hydrogen) atoms. The standard InChI is InChI=1S/C23H21ClN10O6S3/c1-33-23(29-31-32-33)43-8-10-7-41-20-16(19(37)34(20)17(10)21(38)39)28-18(36)15(13-9-42-22(25)27-13)30-40-6-14(35)26-12-4-2-3-11(24)5-12/h2-5,9,16,20H,6-8H2,1H3,(H2,25,27)(H,26,35)(H,28,36)(H,38,39)/b30-15+. The molecule has 0 spiro atoms. The van der Waals surface area contributed by atoms with Gasteiger partial charge in [0, 0.05) is 34.6 Å². The number of aromatic nitrogens is 5. The number of aliphatic carboxylic acids is 1. The molecule has 16 nitrogen and oxygen atoms in total. The summed E-state index contributed by atoms with van der Waals surface area (Å²) in [5, 5.41) is 31.9. The van der Waals surface area contributed by atoms with Crippen molar-refractivity contribution >= 4 is 86.7 Å². The molecule has 3 amide bonds. The zero-order chi connectivity index (χ0) is 30.7. The summed E-state index contributed by atoms with van der Waals surface area (Å²) in [5.74, 6) is -2.71. The van der Waals surface area contributed by atoms with E-state index in [1.165, 1.54) is 33.6 Å². The maximum absolute atomic E-state index is 13.3. The Balaban J connectivity index is 1.26. The lowest BCUT2D eigenvalue weighted by molar-refractivity contribution is -0.150. The molecule has 224 valence electrons. The molecule has 1 saturated heterocycles. The number of anilines is 2. The number of thiazole rings is 1. The van der Waals surface area contributed by atoms with Crippen molar-refractivity contribution in [2.24, 2.45) is 12.2 Å². The van der Waals surface area contributed by atoms with Gasteiger partial charge in [0.25, 0.3) is 17.7 Å². The summed E-state index contributed by atoms with van der Waals surface area (Å²) in [4.78, 5) is 61.2. The molecule has 0 aliphatic carbocycles. The molecular weight excluding hydrogens is 644 g/mol. The van der Waals surface area contributed by atoms with Crippen molar-refractivity contribution in [3.8, 4) is 0 Å². The predicted octanol–water partition coefficient (Wildman–Crippen LogP) is 0.793. The van der Waals surface area contributed by atoms with Crippen LogP contribution in [0.4, 0.5) is 10.8 Å². The molecule has 2 aliphatic rings. The van der Waals surface area contributed by atoms with E-state index >= 15 is 0 Å². The van der Waals surface area contributed by atoms with Crippen LogP contribution in [-0.4, -0.2) is 94.1 Å². The minimum Gasteiger partial charge on any atom is -0.477 e. The molecule has 2 unspecified atom stereocenters. The lowest BCUT2D eigenvalue weighted by atomic mass is 10.0. The summed E-state index contributed by atoms with van der Waals surface area (Å²) in [6.07, 6.45) is 0. The number of fused-ring (bicyclic) bond motifs is 1. The van der Waals surface area contributed by atoms with Crippen molar-refractivity contribution in [2.75, 3.05) is 29.2 Å². The number of tetrazole rings is 1. The van der Waals surface area contributed by atoms with Crippen molar-refractivity contribution in [1.82, 2.24) is 35.4 Å². The number of benzene rings is 1. The van der Waals surface area contributed by atoms with Gasteiger partial charge in [0.15, 0.2) is 17.5 Å². The molecule has 1 aromatic carbocycles. The Morgan fingerprint density at radius 2 is 2.16 bits per heavy atom. The third kappa shape index (κ3) is 6.74.